The Bertz CT molecular complexity index is 2910. The van der Waals surface area contributed by atoms with Crippen LogP contribution in [0, 0.1) is 0 Å². The molecule has 46 heteroatoms. The Kier molecular flexibility index (Phi) is 56.0. The van der Waals surface area contributed by atoms with Crippen molar-refractivity contribution in [3.8, 4) is 0 Å². The molecule has 4 aliphatic rings. The number of carbonyl (C=O) groups is 11. The fourth-order valence-electron chi connectivity index (χ4n) is 13.1. The molecule has 15 unspecified atom stereocenters. The number of unbranched alkanes of at least 4 members (excludes halogenated alkanes) is 3. The van der Waals surface area contributed by atoms with Gasteiger partial charge < -0.3 is 176 Å². The van der Waals surface area contributed by atoms with Gasteiger partial charge in [0.1, 0.15) is 97.4 Å². The first-order chi connectivity index (χ1) is 60.2. The number of ether oxygens (including phenoxy) is 14. The standard InChI is InChI=1S/C80H143N11O35/c1-50(95)88-66-72(109)69(106)55(42-92)124-76(66)119-31-10-7-16-59(99)81-24-13-27-84-62(102)21-34-116-47-80(91-65(105)46-115-41-40-114-39-38-113-37-30-87-75(112)54-20-19-53(98)58(123-54)45-122-79(4,5)6,48-117-35-22-63(103)85-28-14-25-82-60(100)17-8-11-32-120-77-67(89-51(2)96)73(110)70(107)56(43-93)125-77)49-118-36-23-64(104)86-29-15-26-83-61(101)18-9-12-33-121-78-68(90-52(3)97)74(111)71(108)57(44-94)126-78/h53-58,66-74,76-78,92-94,98,106-111H,7-49H2,1-6H3,(H,81,99)(H,82,100)(H,83,101)(H,84,102)(H,85,103)(H,86,104)(H,87,112)(H,88,95)(H,89,96)(H,90,97)(H,91,105)/t53-,54-,55?,56?,57?,58+,66?,67?,68?,69?,70?,71?,72?,73?,74?,76?,77?,78?,80?/m0/s1. The topological polar surface area (TPSA) is 652 Å². The van der Waals surface area contributed by atoms with E-state index in [1.165, 1.54) is 20.8 Å². The van der Waals surface area contributed by atoms with E-state index in [1.54, 1.807) is 0 Å². The molecule has 4 heterocycles. The predicted molar refractivity (Wildman–Crippen MR) is 440 cm³/mol. The third-order valence-corrected chi connectivity index (χ3v) is 19.9. The fraction of sp³-hybridized carbons (Fsp3) is 0.863. The first-order valence-corrected chi connectivity index (χ1v) is 43.4. The van der Waals surface area contributed by atoms with Crippen molar-refractivity contribution in [2.45, 2.75) is 272 Å². The fourth-order valence-corrected chi connectivity index (χ4v) is 13.1. The lowest BCUT2D eigenvalue weighted by molar-refractivity contribution is -0.270. The maximum Gasteiger partial charge on any atom is 0.249 e. The van der Waals surface area contributed by atoms with Crippen LogP contribution in [0.3, 0.4) is 0 Å². The molecule has 11 amide bonds. The number of nitrogens with one attached hydrogen (secondary N) is 11. The minimum Gasteiger partial charge on any atom is -0.394 e. The largest absolute Gasteiger partial charge is 0.394 e. The highest BCUT2D eigenvalue weighted by Crippen LogP contribution is 2.27. The van der Waals surface area contributed by atoms with Crippen LogP contribution in [-0.2, 0) is 119 Å². The molecule has 21 N–H and O–H groups in total. The third-order valence-electron chi connectivity index (χ3n) is 19.9. The van der Waals surface area contributed by atoms with Crippen molar-refractivity contribution in [1.82, 2.24) is 58.5 Å². The van der Waals surface area contributed by atoms with E-state index in [-0.39, 0.29) is 207 Å². The molecule has 46 nitrogen and oxygen atoms in total. The van der Waals surface area contributed by atoms with Crippen LogP contribution in [0.4, 0.5) is 0 Å². The molecule has 4 fully saturated rings. The molecule has 0 saturated carbocycles. The second kappa shape index (κ2) is 63.3. The van der Waals surface area contributed by atoms with Crippen LogP contribution in [0.2, 0.25) is 0 Å². The van der Waals surface area contributed by atoms with Crippen molar-refractivity contribution in [3.63, 3.8) is 0 Å². The molecule has 0 aromatic rings. The smallest absolute Gasteiger partial charge is 0.249 e. The zero-order chi connectivity index (χ0) is 92.8. The van der Waals surface area contributed by atoms with Gasteiger partial charge in [-0.2, -0.15) is 0 Å². The van der Waals surface area contributed by atoms with Crippen LogP contribution in [-0.4, -0.2) is 409 Å². The monoisotopic (exact) mass is 1820 g/mol. The molecule has 0 radical (unpaired) electrons. The van der Waals surface area contributed by atoms with E-state index >= 15 is 0 Å². The Labute approximate surface area is 734 Å². The van der Waals surface area contributed by atoms with Crippen LogP contribution in [0.25, 0.3) is 0 Å². The van der Waals surface area contributed by atoms with Crippen molar-refractivity contribution in [2.75, 3.05) is 171 Å². The predicted octanol–water partition coefficient (Wildman–Crippen LogP) is -7.79. The molecule has 0 aromatic heterocycles. The van der Waals surface area contributed by atoms with Crippen molar-refractivity contribution in [3.05, 3.63) is 0 Å². The summed E-state index contributed by atoms with van der Waals surface area (Å²) in [6.07, 6.45) is -14.1. The van der Waals surface area contributed by atoms with Crippen molar-refractivity contribution < 1.29 is 170 Å². The SMILES string of the molecule is CC(=O)NC1C(OCCCCC(=O)NCCCNC(=O)CCOCC(COCCC(=O)NCCCNC(=O)CCCCOC2OC(CO)C(O)C(O)C2NC(C)=O)(COCCC(=O)NCCCNC(=O)CCCCOC2OC(CO)C(O)C(O)C2NC(C)=O)NC(=O)COCCOCCOCCNC(=O)[C@@H]2CC[C@H](O)[C@@H](COC(C)(C)C)O2)OC(CO)C(O)C1O. The summed E-state index contributed by atoms with van der Waals surface area (Å²) < 4.78 is 80.6. The van der Waals surface area contributed by atoms with E-state index in [0.29, 0.717) is 70.6 Å². The molecule has 0 aromatic carbocycles. The lowest BCUT2D eigenvalue weighted by Gasteiger charge is -2.42. The Morgan fingerprint density at radius 2 is 0.675 bits per heavy atom. The number of amides is 11. The quantitative estimate of drug-likeness (QED) is 0.0252. The molecule has 728 valence electrons. The summed E-state index contributed by atoms with van der Waals surface area (Å²) in [7, 11) is 0. The molecule has 18 atom stereocenters. The van der Waals surface area contributed by atoms with Gasteiger partial charge in [-0.1, -0.05) is 0 Å². The maximum atomic E-state index is 13.9. The first-order valence-electron chi connectivity index (χ1n) is 43.4. The lowest BCUT2D eigenvalue weighted by atomic mass is 9.97. The van der Waals surface area contributed by atoms with E-state index in [2.05, 4.69) is 58.5 Å². The minimum absolute atomic E-state index is 0.0436. The number of hydrogen-bond acceptors (Lipinski definition) is 35. The second-order valence-electron chi connectivity index (χ2n) is 32.0. The van der Waals surface area contributed by atoms with Crippen LogP contribution in [0.15, 0.2) is 0 Å². The Hall–Kier alpha value is -6.79. The Morgan fingerprint density at radius 1 is 0.341 bits per heavy atom. The average molecular weight is 1820 g/mol. The first kappa shape index (κ1) is 112. The van der Waals surface area contributed by atoms with Crippen LogP contribution < -0.4 is 58.5 Å². The van der Waals surface area contributed by atoms with Crippen molar-refractivity contribution >= 4 is 65.0 Å². The number of hydrogen-bond donors (Lipinski definition) is 21. The van der Waals surface area contributed by atoms with Crippen LogP contribution in [0.1, 0.15) is 151 Å². The minimum atomic E-state index is -1.57. The van der Waals surface area contributed by atoms with Gasteiger partial charge in [0.05, 0.1) is 111 Å². The summed E-state index contributed by atoms with van der Waals surface area (Å²) >= 11 is 0. The van der Waals surface area contributed by atoms with Gasteiger partial charge in [0.25, 0.3) is 0 Å². The Balaban J connectivity index is 1.31. The summed E-state index contributed by atoms with van der Waals surface area (Å²) in [5.74, 6) is -4.60. The van der Waals surface area contributed by atoms with Gasteiger partial charge in [-0.3, -0.25) is 52.7 Å². The highest BCUT2D eigenvalue weighted by Gasteiger charge is 2.48. The van der Waals surface area contributed by atoms with E-state index in [1.807, 2.05) is 20.8 Å². The van der Waals surface area contributed by atoms with Gasteiger partial charge in [0, 0.05) is 125 Å². The number of carbonyl (C=O) groups excluding carboxylic acids is 11. The molecule has 4 aliphatic heterocycles. The number of aliphatic hydroxyl groups excluding tert-OH is 10. The van der Waals surface area contributed by atoms with E-state index in [4.69, 9.17) is 66.3 Å². The zero-order valence-corrected chi connectivity index (χ0v) is 73.5. The molecule has 4 rings (SSSR count). The number of rotatable bonds is 66. The van der Waals surface area contributed by atoms with Crippen LogP contribution in [0.5, 0.6) is 0 Å². The van der Waals surface area contributed by atoms with Gasteiger partial charge in [0.2, 0.25) is 65.0 Å². The molecule has 0 aliphatic carbocycles. The summed E-state index contributed by atoms with van der Waals surface area (Å²) in [6.45, 7) is 7.47. The van der Waals surface area contributed by atoms with Gasteiger partial charge >= 0.3 is 0 Å². The normalized spacial score (nSPS) is 25.4. The van der Waals surface area contributed by atoms with Gasteiger partial charge in [0.15, 0.2) is 18.9 Å². The van der Waals surface area contributed by atoms with Crippen LogP contribution >= 0.6 is 0 Å². The summed E-state index contributed by atoms with van der Waals surface area (Å²) in [5, 5.41) is 131. The molecule has 4 saturated heterocycles. The van der Waals surface area contributed by atoms with Gasteiger partial charge in [-0.05, 0) is 91.4 Å². The van der Waals surface area contributed by atoms with Crippen molar-refractivity contribution in [2.24, 2.45) is 0 Å². The molecular weight excluding hydrogens is 1670 g/mol. The maximum absolute atomic E-state index is 13.9. The van der Waals surface area contributed by atoms with Crippen molar-refractivity contribution in [1.29, 1.82) is 0 Å². The lowest BCUT2D eigenvalue weighted by Crippen LogP contribution is -2.64. The average Bonchev–Trinajstić information content (AvgIpc) is 0.817. The Morgan fingerprint density at radius 3 is 1.01 bits per heavy atom. The summed E-state index contributed by atoms with van der Waals surface area (Å²) in [4.78, 5) is 139. The molecule has 0 spiro atoms. The van der Waals surface area contributed by atoms with Gasteiger partial charge in [-0.15, -0.1) is 0 Å². The second-order valence-corrected chi connectivity index (χ2v) is 32.0. The number of aliphatic hydroxyl groups is 10. The highest BCUT2D eigenvalue weighted by atomic mass is 16.7. The van der Waals surface area contributed by atoms with E-state index in [0.717, 1.165) is 0 Å². The molecular formula is C80H143N11O35. The van der Waals surface area contributed by atoms with E-state index in [9.17, 15) is 104 Å². The zero-order valence-electron chi connectivity index (χ0n) is 73.5. The molecule has 0 bridgehead atoms. The third kappa shape index (κ3) is 46.1. The summed E-state index contributed by atoms with van der Waals surface area (Å²) in [6, 6.07) is -3.33. The van der Waals surface area contributed by atoms with E-state index < -0.39 is 189 Å². The molecule has 126 heavy (non-hydrogen) atoms. The van der Waals surface area contributed by atoms with Gasteiger partial charge in [-0.25, -0.2) is 0 Å². The highest BCUT2D eigenvalue weighted by molar-refractivity contribution is 5.81. The summed E-state index contributed by atoms with van der Waals surface area (Å²) in [5.41, 5.74) is -2.02.